The predicted octanol–water partition coefficient (Wildman–Crippen LogP) is 2.22. The summed E-state index contributed by atoms with van der Waals surface area (Å²) in [7, 11) is 4.03. The Morgan fingerprint density at radius 3 is 2.62 bits per heavy atom. The Balaban J connectivity index is 2.73. The molecule has 21 heavy (non-hydrogen) atoms. The van der Waals surface area contributed by atoms with Gasteiger partial charge in [0.1, 0.15) is 11.5 Å². The summed E-state index contributed by atoms with van der Waals surface area (Å²) in [6.45, 7) is 7.95. The molecule has 1 atom stereocenters. The molecule has 0 bridgehead atoms. The Kier molecular flexibility index (Phi) is 7.15. The van der Waals surface area contributed by atoms with Gasteiger partial charge >= 0.3 is 0 Å². The molecule has 2 N–H and O–H groups in total. The van der Waals surface area contributed by atoms with E-state index in [0.29, 0.717) is 11.6 Å². The lowest BCUT2D eigenvalue weighted by Gasteiger charge is -2.23. The monoisotopic (exact) mass is 292 g/mol. The standard InChI is InChI=1S/C16H28N4O/c1-6-17-15-9-7-8-14(19-15)16(21)18-13(10-12(2)3)11-20(4)5/h7-9,12-13H,6,10-11H2,1-5H3,(H,17,19)(H,18,21). The van der Waals surface area contributed by atoms with E-state index in [1.54, 1.807) is 6.07 Å². The molecule has 0 aliphatic rings. The van der Waals surface area contributed by atoms with Crippen LogP contribution in [0.3, 0.4) is 0 Å². The van der Waals surface area contributed by atoms with Crippen LogP contribution in [0.15, 0.2) is 18.2 Å². The van der Waals surface area contributed by atoms with Crippen LogP contribution in [0.25, 0.3) is 0 Å². The Hall–Kier alpha value is -1.62. The molecule has 0 radical (unpaired) electrons. The van der Waals surface area contributed by atoms with Crippen molar-refractivity contribution < 1.29 is 4.79 Å². The highest BCUT2D eigenvalue weighted by molar-refractivity contribution is 5.92. The summed E-state index contributed by atoms with van der Waals surface area (Å²) >= 11 is 0. The normalized spacial score (nSPS) is 12.5. The van der Waals surface area contributed by atoms with Crippen LogP contribution in [-0.2, 0) is 0 Å². The van der Waals surface area contributed by atoms with E-state index < -0.39 is 0 Å². The maximum absolute atomic E-state index is 12.4. The summed E-state index contributed by atoms with van der Waals surface area (Å²) in [5.74, 6) is 1.16. The molecular weight excluding hydrogens is 264 g/mol. The van der Waals surface area contributed by atoms with Gasteiger partial charge in [-0.15, -0.1) is 0 Å². The number of pyridine rings is 1. The first-order valence-electron chi connectivity index (χ1n) is 7.58. The molecule has 1 heterocycles. The van der Waals surface area contributed by atoms with Crippen LogP contribution in [0.5, 0.6) is 0 Å². The molecule has 0 aliphatic carbocycles. The molecule has 0 spiro atoms. The topological polar surface area (TPSA) is 57.3 Å². The molecule has 5 nitrogen and oxygen atoms in total. The number of carbonyl (C=O) groups excluding carboxylic acids is 1. The van der Waals surface area contributed by atoms with Crippen LogP contribution in [-0.4, -0.2) is 49.0 Å². The van der Waals surface area contributed by atoms with E-state index >= 15 is 0 Å². The molecule has 5 heteroatoms. The fourth-order valence-electron chi connectivity index (χ4n) is 2.29. The van der Waals surface area contributed by atoms with Crippen LogP contribution in [0.4, 0.5) is 5.82 Å². The van der Waals surface area contributed by atoms with Crippen molar-refractivity contribution in [2.45, 2.75) is 33.2 Å². The minimum atomic E-state index is -0.109. The summed E-state index contributed by atoms with van der Waals surface area (Å²) in [4.78, 5) is 18.8. The van der Waals surface area contributed by atoms with Gasteiger partial charge in [0.25, 0.3) is 5.91 Å². The molecule has 0 saturated carbocycles. The minimum Gasteiger partial charge on any atom is -0.370 e. The minimum absolute atomic E-state index is 0.109. The highest BCUT2D eigenvalue weighted by Crippen LogP contribution is 2.08. The van der Waals surface area contributed by atoms with Crippen LogP contribution in [0.2, 0.25) is 0 Å². The van der Waals surface area contributed by atoms with Gasteiger partial charge in [0.05, 0.1) is 0 Å². The molecular formula is C16H28N4O. The van der Waals surface area contributed by atoms with Crippen molar-refractivity contribution >= 4 is 11.7 Å². The summed E-state index contributed by atoms with van der Waals surface area (Å²) in [6, 6.07) is 5.60. The van der Waals surface area contributed by atoms with Gasteiger partial charge in [-0.25, -0.2) is 4.98 Å². The number of amides is 1. The van der Waals surface area contributed by atoms with Crippen molar-refractivity contribution in [3.8, 4) is 0 Å². The maximum Gasteiger partial charge on any atom is 0.270 e. The third-order valence-corrected chi connectivity index (χ3v) is 3.02. The first-order valence-corrected chi connectivity index (χ1v) is 7.58. The Bertz CT molecular complexity index is 436. The molecule has 1 amide bonds. The summed E-state index contributed by atoms with van der Waals surface area (Å²) in [6.07, 6.45) is 0.955. The first kappa shape index (κ1) is 17.4. The number of likely N-dealkylation sites (N-methyl/N-ethyl adjacent to an activating group) is 1. The number of rotatable bonds is 8. The smallest absolute Gasteiger partial charge is 0.270 e. The molecule has 1 rings (SSSR count). The molecule has 0 aliphatic heterocycles. The van der Waals surface area contributed by atoms with Crippen molar-refractivity contribution in [3.05, 3.63) is 23.9 Å². The van der Waals surface area contributed by atoms with E-state index in [0.717, 1.165) is 25.3 Å². The van der Waals surface area contributed by atoms with Crippen molar-refractivity contribution in [2.75, 3.05) is 32.5 Å². The Morgan fingerprint density at radius 1 is 1.33 bits per heavy atom. The third-order valence-electron chi connectivity index (χ3n) is 3.02. The number of aromatic nitrogens is 1. The number of hydrogen-bond donors (Lipinski definition) is 2. The van der Waals surface area contributed by atoms with Crippen LogP contribution >= 0.6 is 0 Å². The van der Waals surface area contributed by atoms with Crippen molar-refractivity contribution in [2.24, 2.45) is 5.92 Å². The fraction of sp³-hybridized carbons (Fsp3) is 0.625. The average Bonchev–Trinajstić information content (AvgIpc) is 2.37. The third kappa shape index (κ3) is 6.58. The molecule has 118 valence electrons. The summed E-state index contributed by atoms with van der Waals surface area (Å²) < 4.78 is 0. The second-order valence-corrected chi connectivity index (χ2v) is 6.00. The Labute approximate surface area is 128 Å². The molecule has 0 saturated heterocycles. The van der Waals surface area contributed by atoms with Crippen LogP contribution < -0.4 is 10.6 Å². The number of nitrogens with one attached hydrogen (secondary N) is 2. The molecule has 1 unspecified atom stereocenters. The van der Waals surface area contributed by atoms with E-state index in [2.05, 4.69) is 34.4 Å². The van der Waals surface area contributed by atoms with E-state index in [4.69, 9.17) is 0 Å². The molecule has 0 aromatic carbocycles. The molecule has 1 aromatic rings. The lowest BCUT2D eigenvalue weighted by molar-refractivity contribution is 0.0919. The maximum atomic E-state index is 12.4. The highest BCUT2D eigenvalue weighted by Gasteiger charge is 2.17. The van der Waals surface area contributed by atoms with E-state index in [1.165, 1.54) is 0 Å². The average molecular weight is 292 g/mol. The van der Waals surface area contributed by atoms with Crippen LogP contribution in [0.1, 0.15) is 37.7 Å². The van der Waals surface area contributed by atoms with Gasteiger partial charge < -0.3 is 15.5 Å². The lowest BCUT2D eigenvalue weighted by Crippen LogP contribution is -2.42. The molecule has 0 fully saturated rings. The Morgan fingerprint density at radius 2 is 2.05 bits per heavy atom. The second kappa shape index (κ2) is 8.62. The van der Waals surface area contributed by atoms with E-state index in [9.17, 15) is 4.79 Å². The zero-order valence-electron chi connectivity index (χ0n) is 13.8. The van der Waals surface area contributed by atoms with Crippen molar-refractivity contribution in [3.63, 3.8) is 0 Å². The number of anilines is 1. The van der Waals surface area contributed by atoms with E-state index in [1.807, 2.05) is 33.2 Å². The largest absolute Gasteiger partial charge is 0.370 e. The van der Waals surface area contributed by atoms with Gasteiger partial charge in [-0.1, -0.05) is 19.9 Å². The van der Waals surface area contributed by atoms with E-state index in [-0.39, 0.29) is 11.9 Å². The number of carbonyl (C=O) groups is 1. The second-order valence-electron chi connectivity index (χ2n) is 6.00. The zero-order valence-corrected chi connectivity index (χ0v) is 13.8. The summed E-state index contributed by atoms with van der Waals surface area (Å²) in [5, 5.41) is 6.22. The number of nitrogens with zero attached hydrogens (tertiary/aromatic N) is 2. The fourth-order valence-corrected chi connectivity index (χ4v) is 2.29. The number of hydrogen-bond acceptors (Lipinski definition) is 4. The molecule has 1 aromatic heterocycles. The van der Waals surface area contributed by atoms with Gasteiger partial charge in [-0.3, -0.25) is 4.79 Å². The zero-order chi connectivity index (χ0) is 15.8. The van der Waals surface area contributed by atoms with Crippen molar-refractivity contribution in [1.82, 2.24) is 15.2 Å². The predicted molar refractivity (Wildman–Crippen MR) is 87.7 cm³/mol. The van der Waals surface area contributed by atoms with Gasteiger partial charge in [-0.05, 0) is 45.5 Å². The quantitative estimate of drug-likeness (QED) is 0.771. The van der Waals surface area contributed by atoms with Crippen molar-refractivity contribution in [1.29, 1.82) is 0 Å². The van der Waals surface area contributed by atoms with Gasteiger partial charge in [0, 0.05) is 19.1 Å². The van der Waals surface area contributed by atoms with Gasteiger partial charge in [-0.2, -0.15) is 0 Å². The summed E-state index contributed by atoms with van der Waals surface area (Å²) in [5.41, 5.74) is 0.459. The lowest BCUT2D eigenvalue weighted by atomic mass is 10.0. The van der Waals surface area contributed by atoms with Gasteiger partial charge in [0.2, 0.25) is 0 Å². The SMILES string of the molecule is CCNc1cccc(C(=O)NC(CC(C)C)CN(C)C)n1. The first-order chi connectivity index (χ1) is 9.92. The van der Waals surface area contributed by atoms with Crippen LogP contribution in [0, 0.1) is 5.92 Å². The van der Waals surface area contributed by atoms with Gasteiger partial charge in [0.15, 0.2) is 0 Å². The highest BCUT2D eigenvalue weighted by atomic mass is 16.1.